The molecule has 3 heterocycles. The van der Waals surface area contributed by atoms with Crippen molar-refractivity contribution in [3.63, 3.8) is 0 Å². The van der Waals surface area contributed by atoms with Crippen molar-refractivity contribution in [2.24, 2.45) is 0 Å². The Morgan fingerprint density at radius 2 is 1.77 bits per heavy atom. The number of rotatable bonds is 10. The summed E-state index contributed by atoms with van der Waals surface area (Å²) in [5.41, 5.74) is 4.60. The minimum atomic E-state index is 0.0112. The number of benzene rings is 1. The lowest BCUT2D eigenvalue weighted by Gasteiger charge is -2.39. The first-order valence-corrected chi connectivity index (χ1v) is 13.9. The number of hydrogen-bond acceptors (Lipinski definition) is 7. The lowest BCUT2D eigenvalue weighted by atomic mass is 9.94. The van der Waals surface area contributed by atoms with E-state index in [-0.39, 0.29) is 24.0 Å². The van der Waals surface area contributed by atoms with Gasteiger partial charge in [-0.2, -0.15) is 4.98 Å². The highest BCUT2D eigenvalue weighted by Gasteiger charge is 2.29. The van der Waals surface area contributed by atoms with Crippen LogP contribution in [-0.2, 0) is 4.79 Å². The second-order valence-corrected chi connectivity index (χ2v) is 10.8. The van der Waals surface area contributed by atoms with Gasteiger partial charge in [0, 0.05) is 45.3 Å². The Balaban J connectivity index is 1.50. The summed E-state index contributed by atoms with van der Waals surface area (Å²) in [5.74, 6) is 2.38. The Labute approximate surface area is 233 Å². The van der Waals surface area contributed by atoms with Crippen molar-refractivity contribution in [3.8, 4) is 0 Å². The fourth-order valence-corrected chi connectivity index (χ4v) is 5.36. The first kappa shape index (κ1) is 28.4. The van der Waals surface area contributed by atoms with Crippen LogP contribution in [0, 0.1) is 0 Å². The zero-order chi connectivity index (χ0) is 28.3. The van der Waals surface area contributed by atoms with Gasteiger partial charge < -0.3 is 20.0 Å². The molecule has 2 unspecified atom stereocenters. The molecule has 0 radical (unpaired) electrons. The van der Waals surface area contributed by atoms with Gasteiger partial charge in [0.05, 0.1) is 12.2 Å². The molecule has 39 heavy (non-hydrogen) atoms. The molecule has 4 rings (SSSR count). The van der Waals surface area contributed by atoms with E-state index in [1.165, 1.54) is 22.8 Å². The maximum atomic E-state index is 12.1. The van der Waals surface area contributed by atoms with Crippen molar-refractivity contribution in [2.75, 3.05) is 48.3 Å². The van der Waals surface area contributed by atoms with Gasteiger partial charge in [0.15, 0.2) is 5.82 Å². The zero-order valence-electron chi connectivity index (χ0n) is 24.2. The fraction of sp³-hybridized carbons (Fsp3) is 0.452. The molecule has 0 bridgehead atoms. The minimum Gasteiger partial charge on any atom is -0.338 e. The molecular formula is C31H43N7O. The third kappa shape index (κ3) is 6.01. The molecule has 1 aromatic carbocycles. The largest absolute Gasteiger partial charge is 0.338 e. The van der Waals surface area contributed by atoms with Crippen molar-refractivity contribution in [2.45, 2.75) is 58.7 Å². The van der Waals surface area contributed by atoms with Crippen molar-refractivity contribution >= 4 is 23.4 Å². The summed E-state index contributed by atoms with van der Waals surface area (Å²) in [6.45, 7) is 23.8. The van der Waals surface area contributed by atoms with E-state index in [1.54, 1.807) is 0 Å². The van der Waals surface area contributed by atoms with Gasteiger partial charge in [-0.3, -0.25) is 9.69 Å². The first-order valence-electron chi connectivity index (χ1n) is 13.9. The van der Waals surface area contributed by atoms with Gasteiger partial charge in [0.1, 0.15) is 11.5 Å². The number of aromatic nitrogens is 2. The van der Waals surface area contributed by atoms with E-state index in [0.717, 1.165) is 56.3 Å². The van der Waals surface area contributed by atoms with Crippen LogP contribution in [-0.4, -0.2) is 64.9 Å². The molecule has 1 aromatic heterocycles. The number of carbonyl (C=O) groups excluding carboxylic acids is 1. The van der Waals surface area contributed by atoms with Crippen LogP contribution in [0.25, 0.3) is 0 Å². The average molecular weight is 530 g/mol. The van der Waals surface area contributed by atoms with Crippen molar-refractivity contribution < 1.29 is 4.79 Å². The van der Waals surface area contributed by atoms with E-state index in [2.05, 4.69) is 96.7 Å². The highest BCUT2D eigenvalue weighted by molar-refractivity contribution is 5.87. The second-order valence-electron chi connectivity index (χ2n) is 10.8. The molecule has 0 saturated carbocycles. The van der Waals surface area contributed by atoms with E-state index >= 15 is 0 Å². The maximum Gasteiger partial charge on any atom is 0.246 e. The van der Waals surface area contributed by atoms with Gasteiger partial charge in [-0.15, -0.1) is 0 Å². The standard InChI is InChI=1S/C31H43N7O/c1-9-22(5)19-28(36-15-17-37(18-16-36)29(39)10-2)26-13-11-25(12-14-26)23(6)35(8)31-32-20-27-30(34-31)38(21(3)4)24(7)33-27/h10-14,20-21,23,28,33H,2,5,7,9,15-19H2,1,3-4,6,8H3. The highest BCUT2D eigenvalue weighted by atomic mass is 16.2. The van der Waals surface area contributed by atoms with Crippen LogP contribution in [0.4, 0.5) is 17.5 Å². The van der Waals surface area contributed by atoms with Crippen molar-refractivity contribution in [3.05, 3.63) is 78.8 Å². The Kier molecular flexibility index (Phi) is 8.75. The van der Waals surface area contributed by atoms with E-state index in [1.807, 2.05) is 18.1 Å². The van der Waals surface area contributed by atoms with Gasteiger partial charge in [0.2, 0.25) is 11.9 Å². The number of fused-ring (bicyclic) bond motifs is 1. The lowest BCUT2D eigenvalue weighted by Crippen LogP contribution is -2.49. The topological polar surface area (TPSA) is 67.8 Å². The molecule has 1 fully saturated rings. The average Bonchev–Trinajstić information content (AvgIpc) is 3.29. The normalized spacial score (nSPS) is 17.0. The molecule has 2 aromatic rings. The van der Waals surface area contributed by atoms with Crippen LogP contribution in [0.2, 0.25) is 0 Å². The van der Waals surface area contributed by atoms with Crippen LogP contribution >= 0.6 is 0 Å². The smallest absolute Gasteiger partial charge is 0.246 e. The van der Waals surface area contributed by atoms with Crippen LogP contribution in [0.15, 0.2) is 67.7 Å². The van der Waals surface area contributed by atoms with Crippen molar-refractivity contribution in [1.29, 1.82) is 0 Å². The molecule has 1 N–H and O–H groups in total. The van der Waals surface area contributed by atoms with Gasteiger partial charge in [0.25, 0.3) is 0 Å². The van der Waals surface area contributed by atoms with Crippen molar-refractivity contribution in [1.82, 2.24) is 19.8 Å². The summed E-state index contributed by atoms with van der Waals surface area (Å²) < 4.78 is 0. The Hall–Kier alpha value is -3.65. The molecule has 1 saturated heterocycles. The van der Waals surface area contributed by atoms with Crippen LogP contribution in [0.5, 0.6) is 0 Å². The molecule has 0 aliphatic carbocycles. The number of nitrogens with zero attached hydrogens (tertiary/aromatic N) is 6. The maximum absolute atomic E-state index is 12.1. The predicted octanol–water partition coefficient (Wildman–Crippen LogP) is 5.51. The van der Waals surface area contributed by atoms with E-state index in [0.29, 0.717) is 5.95 Å². The number of piperazine rings is 1. The summed E-state index contributed by atoms with van der Waals surface area (Å²) in [6, 6.07) is 9.48. The molecule has 2 atom stereocenters. The number of amides is 1. The molecule has 1 amide bonds. The highest BCUT2D eigenvalue weighted by Crippen LogP contribution is 2.37. The molecular weight excluding hydrogens is 486 g/mol. The van der Waals surface area contributed by atoms with Gasteiger partial charge in [-0.25, -0.2) is 4.98 Å². The number of anilines is 3. The molecule has 2 aliphatic heterocycles. The van der Waals surface area contributed by atoms with Crippen LogP contribution in [0.3, 0.4) is 0 Å². The molecule has 0 spiro atoms. The quantitative estimate of drug-likeness (QED) is 0.321. The Morgan fingerprint density at radius 1 is 1.13 bits per heavy atom. The summed E-state index contributed by atoms with van der Waals surface area (Å²) in [7, 11) is 2.04. The summed E-state index contributed by atoms with van der Waals surface area (Å²) in [6.07, 6.45) is 5.12. The Bertz CT molecular complexity index is 1210. The van der Waals surface area contributed by atoms with Gasteiger partial charge >= 0.3 is 0 Å². The van der Waals surface area contributed by atoms with E-state index in [4.69, 9.17) is 4.98 Å². The number of nitrogens with one attached hydrogen (secondary N) is 1. The molecule has 2 aliphatic rings. The third-order valence-corrected chi connectivity index (χ3v) is 7.99. The van der Waals surface area contributed by atoms with Gasteiger partial charge in [-0.1, -0.05) is 56.5 Å². The first-order chi connectivity index (χ1) is 18.6. The zero-order valence-corrected chi connectivity index (χ0v) is 24.2. The predicted molar refractivity (Wildman–Crippen MR) is 161 cm³/mol. The summed E-state index contributed by atoms with van der Waals surface area (Å²) >= 11 is 0. The Morgan fingerprint density at radius 3 is 2.36 bits per heavy atom. The third-order valence-electron chi connectivity index (χ3n) is 7.99. The minimum absolute atomic E-state index is 0.0112. The van der Waals surface area contributed by atoms with Gasteiger partial charge in [-0.05, 0) is 50.8 Å². The monoisotopic (exact) mass is 529 g/mol. The number of hydrogen-bond donors (Lipinski definition) is 1. The second kappa shape index (κ2) is 12.0. The SMILES string of the molecule is C=CC(=O)N1CCN(C(CC(=C)CC)c2ccc(C(C)N(C)c3ncc4c(n3)N(C(C)C)C(=C)N4)cc2)CC1. The fourth-order valence-electron chi connectivity index (χ4n) is 5.36. The molecule has 8 nitrogen and oxygen atoms in total. The summed E-state index contributed by atoms with van der Waals surface area (Å²) in [5, 5.41) is 3.28. The van der Waals surface area contributed by atoms with E-state index < -0.39 is 0 Å². The molecule has 208 valence electrons. The summed E-state index contributed by atoms with van der Waals surface area (Å²) in [4.78, 5) is 30.2. The molecule has 8 heteroatoms. The number of carbonyl (C=O) groups is 1. The van der Waals surface area contributed by atoms with E-state index in [9.17, 15) is 4.79 Å². The van der Waals surface area contributed by atoms with Crippen LogP contribution < -0.4 is 15.1 Å². The van der Waals surface area contributed by atoms with Crippen LogP contribution in [0.1, 0.15) is 63.7 Å². The lowest BCUT2D eigenvalue weighted by molar-refractivity contribution is -0.128.